The number of halogens is 2. The summed E-state index contributed by atoms with van der Waals surface area (Å²) < 4.78 is 0. The molecule has 3 heteroatoms. The average molecular weight is 271 g/mol. The molecular weight excluding hydrogens is 255 g/mol. The smallest absolute Gasteiger partial charge is 0.0835 e. The molecule has 0 amide bonds. The minimum atomic E-state index is -0.448. The molecule has 0 heterocycles. The quantitative estimate of drug-likeness (QED) is 0.841. The summed E-state index contributed by atoms with van der Waals surface area (Å²) in [4.78, 5) is 0. The van der Waals surface area contributed by atoms with Gasteiger partial charge in [-0.25, -0.2) is 0 Å². The molecule has 2 bridgehead atoms. The van der Waals surface area contributed by atoms with Crippen LogP contribution < -0.4 is 0 Å². The molecule has 17 heavy (non-hydrogen) atoms. The van der Waals surface area contributed by atoms with Gasteiger partial charge in [0.05, 0.1) is 16.1 Å². The van der Waals surface area contributed by atoms with Crippen LogP contribution in [0.15, 0.2) is 18.2 Å². The fraction of sp³-hybridized carbons (Fsp3) is 0.571. The first-order chi connectivity index (χ1) is 8.16. The molecule has 92 valence electrons. The van der Waals surface area contributed by atoms with Gasteiger partial charge in [-0.2, -0.15) is 0 Å². The molecule has 2 saturated carbocycles. The Hall–Kier alpha value is -0.240. The monoisotopic (exact) mass is 270 g/mol. The van der Waals surface area contributed by atoms with Crippen molar-refractivity contribution in [3.8, 4) is 0 Å². The van der Waals surface area contributed by atoms with Gasteiger partial charge >= 0.3 is 0 Å². The number of fused-ring (bicyclic) bond motifs is 2. The molecule has 1 N–H and O–H groups in total. The van der Waals surface area contributed by atoms with E-state index in [0.717, 1.165) is 17.9 Å². The van der Waals surface area contributed by atoms with E-state index in [4.69, 9.17) is 23.2 Å². The highest BCUT2D eigenvalue weighted by molar-refractivity contribution is 6.42. The van der Waals surface area contributed by atoms with Crippen LogP contribution in [0.1, 0.15) is 37.4 Å². The first kappa shape index (κ1) is 11.8. The summed E-state index contributed by atoms with van der Waals surface area (Å²) in [5.41, 5.74) is 0.803. The van der Waals surface area contributed by atoms with Crippen molar-refractivity contribution in [3.63, 3.8) is 0 Å². The van der Waals surface area contributed by atoms with Crippen LogP contribution in [0.2, 0.25) is 10.0 Å². The van der Waals surface area contributed by atoms with Crippen molar-refractivity contribution in [3.05, 3.63) is 33.8 Å². The molecule has 1 nitrogen and oxygen atoms in total. The third kappa shape index (κ3) is 1.99. The number of aliphatic hydroxyl groups is 1. The average Bonchev–Trinajstić information content (AvgIpc) is 2.94. The second-order valence-electron chi connectivity index (χ2n) is 5.43. The molecule has 2 fully saturated rings. The second kappa shape index (κ2) is 4.46. The zero-order valence-corrected chi connectivity index (χ0v) is 11.1. The van der Waals surface area contributed by atoms with Gasteiger partial charge in [0.15, 0.2) is 0 Å². The SMILES string of the molecule is OC(c1cccc(Cl)c1Cl)C1CC2CCC1C2. The lowest BCUT2D eigenvalue weighted by atomic mass is 9.82. The number of benzene rings is 1. The normalized spacial score (nSPS) is 33.0. The predicted octanol–water partition coefficient (Wildman–Crippen LogP) is 4.46. The third-order valence-corrected chi connectivity index (χ3v) is 5.33. The maximum absolute atomic E-state index is 10.5. The molecule has 0 aliphatic heterocycles. The van der Waals surface area contributed by atoms with E-state index in [2.05, 4.69) is 0 Å². The molecular formula is C14H16Cl2O. The van der Waals surface area contributed by atoms with E-state index in [1.54, 1.807) is 6.07 Å². The van der Waals surface area contributed by atoms with Crippen molar-refractivity contribution in [2.45, 2.75) is 31.8 Å². The highest BCUT2D eigenvalue weighted by atomic mass is 35.5. The molecule has 0 aromatic heterocycles. The van der Waals surface area contributed by atoms with E-state index in [1.165, 1.54) is 19.3 Å². The van der Waals surface area contributed by atoms with Gasteiger partial charge in [0.2, 0.25) is 0 Å². The Labute approximate surface area is 112 Å². The van der Waals surface area contributed by atoms with Gasteiger partial charge in [-0.1, -0.05) is 41.8 Å². The Morgan fingerprint density at radius 2 is 2.00 bits per heavy atom. The predicted molar refractivity (Wildman–Crippen MR) is 70.4 cm³/mol. The molecule has 4 unspecified atom stereocenters. The van der Waals surface area contributed by atoms with E-state index >= 15 is 0 Å². The highest BCUT2D eigenvalue weighted by Gasteiger charge is 2.43. The van der Waals surface area contributed by atoms with E-state index in [1.807, 2.05) is 12.1 Å². The van der Waals surface area contributed by atoms with Crippen LogP contribution in [0, 0.1) is 17.8 Å². The molecule has 4 atom stereocenters. The number of hydrogen-bond acceptors (Lipinski definition) is 1. The molecule has 0 saturated heterocycles. The van der Waals surface area contributed by atoms with Crippen molar-refractivity contribution in [1.82, 2.24) is 0 Å². The van der Waals surface area contributed by atoms with Crippen molar-refractivity contribution >= 4 is 23.2 Å². The molecule has 1 aromatic rings. The lowest BCUT2D eigenvalue weighted by molar-refractivity contribution is 0.0746. The Kier molecular flexibility index (Phi) is 3.10. The highest BCUT2D eigenvalue weighted by Crippen LogP contribution is 2.53. The lowest BCUT2D eigenvalue weighted by Crippen LogP contribution is -2.19. The topological polar surface area (TPSA) is 20.2 Å². The summed E-state index contributed by atoms with van der Waals surface area (Å²) in [5, 5.41) is 11.6. The molecule has 1 aromatic carbocycles. The van der Waals surface area contributed by atoms with Crippen LogP contribution >= 0.6 is 23.2 Å². The van der Waals surface area contributed by atoms with E-state index in [-0.39, 0.29) is 0 Å². The van der Waals surface area contributed by atoms with Crippen LogP contribution in [0.25, 0.3) is 0 Å². The maximum Gasteiger partial charge on any atom is 0.0835 e. The molecule has 0 spiro atoms. The summed E-state index contributed by atoms with van der Waals surface area (Å²) in [6.07, 6.45) is 4.60. The second-order valence-corrected chi connectivity index (χ2v) is 6.21. The van der Waals surface area contributed by atoms with Gasteiger partial charge in [0.25, 0.3) is 0 Å². The van der Waals surface area contributed by atoms with Crippen LogP contribution in [-0.2, 0) is 0 Å². The van der Waals surface area contributed by atoms with E-state index in [9.17, 15) is 5.11 Å². The Morgan fingerprint density at radius 3 is 2.65 bits per heavy atom. The Balaban J connectivity index is 1.86. The number of hydrogen-bond donors (Lipinski definition) is 1. The van der Waals surface area contributed by atoms with Crippen molar-refractivity contribution in [2.24, 2.45) is 17.8 Å². The van der Waals surface area contributed by atoms with Crippen molar-refractivity contribution in [1.29, 1.82) is 0 Å². The molecule has 3 rings (SSSR count). The summed E-state index contributed by atoms with van der Waals surface area (Å²) in [6, 6.07) is 5.52. The van der Waals surface area contributed by atoms with Crippen LogP contribution in [0.3, 0.4) is 0 Å². The first-order valence-corrected chi connectivity index (χ1v) is 7.04. The van der Waals surface area contributed by atoms with Crippen molar-refractivity contribution in [2.75, 3.05) is 0 Å². The van der Waals surface area contributed by atoms with Gasteiger partial charge < -0.3 is 5.11 Å². The Bertz CT molecular complexity index is 432. The van der Waals surface area contributed by atoms with Crippen molar-refractivity contribution < 1.29 is 5.11 Å². The summed E-state index contributed by atoms with van der Waals surface area (Å²) in [6.45, 7) is 0. The first-order valence-electron chi connectivity index (χ1n) is 6.29. The molecule has 0 radical (unpaired) electrons. The van der Waals surface area contributed by atoms with Crippen LogP contribution in [0.5, 0.6) is 0 Å². The standard InChI is InChI=1S/C14H16Cl2O/c15-12-3-1-2-10(13(12)16)14(17)11-7-8-4-5-9(11)6-8/h1-3,8-9,11,14,17H,4-7H2. The van der Waals surface area contributed by atoms with Crippen LogP contribution in [0.4, 0.5) is 0 Å². The van der Waals surface area contributed by atoms with Gasteiger partial charge in [-0.15, -0.1) is 0 Å². The Morgan fingerprint density at radius 1 is 1.18 bits per heavy atom. The maximum atomic E-state index is 10.5. The minimum absolute atomic E-state index is 0.379. The summed E-state index contributed by atoms with van der Waals surface area (Å²) in [5.74, 6) is 1.90. The van der Waals surface area contributed by atoms with Gasteiger partial charge in [0, 0.05) is 5.56 Å². The zero-order chi connectivity index (χ0) is 12.0. The lowest BCUT2D eigenvalue weighted by Gasteiger charge is -2.27. The van der Waals surface area contributed by atoms with Gasteiger partial charge in [-0.3, -0.25) is 0 Å². The number of aliphatic hydroxyl groups excluding tert-OH is 1. The minimum Gasteiger partial charge on any atom is -0.388 e. The summed E-state index contributed by atoms with van der Waals surface area (Å²) >= 11 is 12.2. The van der Waals surface area contributed by atoms with Gasteiger partial charge in [-0.05, 0) is 43.1 Å². The van der Waals surface area contributed by atoms with Crippen LogP contribution in [-0.4, -0.2) is 5.11 Å². The fourth-order valence-corrected chi connectivity index (χ4v) is 4.08. The number of rotatable bonds is 2. The van der Waals surface area contributed by atoms with E-state index < -0.39 is 6.10 Å². The van der Waals surface area contributed by atoms with E-state index in [0.29, 0.717) is 21.9 Å². The molecule has 2 aliphatic rings. The summed E-state index contributed by atoms with van der Waals surface area (Å²) in [7, 11) is 0. The fourth-order valence-electron chi connectivity index (χ4n) is 3.66. The van der Waals surface area contributed by atoms with Gasteiger partial charge in [0.1, 0.15) is 0 Å². The largest absolute Gasteiger partial charge is 0.388 e. The molecule has 2 aliphatic carbocycles. The zero-order valence-electron chi connectivity index (χ0n) is 9.57. The third-order valence-electron chi connectivity index (χ3n) is 4.50.